The fourth-order valence-corrected chi connectivity index (χ4v) is 1.72. The maximum Gasteiger partial charge on any atom is 0.221 e. The van der Waals surface area contributed by atoms with E-state index in [1.807, 2.05) is 24.3 Å². The van der Waals surface area contributed by atoms with Gasteiger partial charge in [0.25, 0.3) is 0 Å². The predicted octanol–water partition coefficient (Wildman–Crippen LogP) is 3.64. The third-order valence-electron chi connectivity index (χ3n) is 2.61. The van der Waals surface area contributed by atoms with Crippen LogP contribution in [-0.2, 0) is 4.79 Å². The maximum atomic E-state index is 10.9. The number of hydrogen-bond acceptors (Lipinski definition) is 2. The molecule has 1 aromatic rings. The Morgan fingerprint density at radius 2 is 1.82 bits per heavy atom. The van der Waals surface area contributed by atoms with Gasteiger partial charge in [-0.15, -0.1) is 0 Å². The van der Waals surface area contributed by atoms with E-state index in [2.05, 4.69) is 24.5 Å². The number of hydrogen-bond donors (Lipinski definition) is 2. The molecule has 3 heteroatoms. The lowest BCUT2D eigenvalue weighted by atomic mass is 10.1. The van der Waals surface area contributed by atoms with Gasteiger partial charge in [-0.25, -0.2) is 0 Å². The van der Waals surface area contributed by atoms with Crippen LogP contribution in [0, 0.1) is 0 Å². The zero-order chi connectivity index (χ0) is 12.7. The van der Waals surface area contributed by atoms with Crippen LogP contribution in [-0.4, -0.2) is 11.9 Å². The minimum atomic E-state index is -0.0398. The molecule has 1 rings (SSSR count). The van der Waals surface area contributed by atoms with Gasteiger partial charge in [-0.2, -0.15) is 0 Å². The summed E-state index contributed by atoms with van der Waals surface area (Å²) in [5.74, 6) is -0.0398. The molecule has 0 saturated carbocycles. The van der Waals surface area contributed by atoms with Gasteiger partial charge >= 0.3 is 0 Å². The summed E-state index contributed by atoms with van der Waals surface area (Å²) in [5, 5.41) is 6.20. The number of rotatable bonds is 6. The fraction of sp³-hybridized carbons (Fsp3) is 0.500. The first-order valence-corrected chi connectivity index (χ1v) is 6.26. The molecule has 0 heterocycles. The van der Waals surface area contributed by atoms with E-state index < -0.39 is 0 Å². The van der Waals surface area contributed by atoms with Gasteiger partial charge in [-0.1, -0.05) is 19.8 Å². The zero-order valence-corrected chi connectivity index (χ0v) is 10.9. The summed E-state index contributed by atoms with van der Waals surface area (Å²) in [4.78, 5) is 10.9. The molecule has 0 spiro atoms. The first-order chi connectivity index (χ1) is 8.11. The Balaban J connectivity index is 2.47. The largest absolute Gasteiger partial charge is 0.383 e. The molecule has 0 aliphatic carbocycles. The second-order valence-electron chi connectivity index (χ2n) is 4.45. The van der Waals surface area contributed by atoms with Crippen molar-refractivity contribution in [3.8, 4) is 0 Å². The number of anilines is 2. The lowest BCUT2D eigenvalue weighted by Crippen LogP contribution is -2.14. The Labute approximate surface area is 104 Å². The molecule has 17 heavy (non-hydrogen) atoms. The molecule has 1 atom stereocenters. The van der Waals surface area contributed by atoms with Crippen LogP contribution in [0.1, 0.15) is 40.0 Å². The van der Waals surface area contributed by atoms with E-state index in [1.165, 1.54) is 26.2 Å². The third-order valence-corrected chi connectivity index (χ3v) is 2.61. The van der Waals surface area contributed by atoms with Gasteiger partial charge in [0.2, 0.25) is 5.91 Å². The van der Waals surface area contributed by atoms with Gasteiger partial charge in [0.05, 0.1) is 0 Å². The first kappa shape index (κ1) is 13.6. The van der Waals surface area contributed by atoms with Gasteiger partial charge in [0.15, 0.2) is 0 Å². The molecule has 0 aliphatic heterocycles. The fourth-order valence-electron chi connectivity index (χ4n) is 1.72. The predicted molar refractivity (Wildman–Crippen MR) is 73.4 cm³/mol. The van der Waals surface area contributed by atoms with Crippen LogP contribution in [0.3, 0.4) is 0 Å². The quantitative estimate of drug-likeness (QED) is 0.789. The highest BCUT2D eigenvalue weighted by Crippen LogP contribution is 2.15. The van der Waals surface area contributed by atoms with Gasteiger partial charge < -0.3 is 10.6 Å². The molecule has 0 fully saturated rings. The average molecular weight is 234 g/mol. The van der Waals surface area contributed by atoms with E-state index in [-0.39, 0.29) is 5.91 Å². The number of carbonyl (C=O) groups excluding carboxylic acids is 1. The minimum Gasteiger partial charge on any atom is -0.383 e. The van der Waals surface area contributed by atoms with Crippen LogP contribution in [0.15, 0.2) is 24.3 Å². The van der Waals surface area contributed by atoms with Crippen molar-refractivity contribution in [2.24, 2.45) is 0 Å². The summed E-state index contributed by atoms with van der Waals surface area (Å²) >= 11 is 0. The lowest BCUT2D eigenvalue weighted by molar-refractivity contribution is -0.114. The number of nitrogens with one attached hydrogen (secondary N) is 2. The van der Waals surface area contributed by atoms with Crippen LogP contribution < -0.4 is 10.6 Å². The van der Waals surface area contributed by atoms with Crippen LogP contribution in [0.4, 0.5) is 11.4 Å². The molecule has 0 aliphatic rings. The van der Waals surface area contributed by atoms with Crippen molar-refractivity contribution in [3.05, 3.63) is 24.3 Å². The Hall–Kier alpha value is -1.51. The second-order valence-corrected chi connectivity index (χ2v) is 4.45. The van der Waals surface area contributed by atoms with Crippen molar-refractivity contribution in [1.82, 2.24) is 0 Å². The Bertz CT molecular complexity index is 346. The molecule has 0 bridgehead atoms. The smallest absolute Gasteiger partial charge is 0.221 e. The summed E-state index contributed by atoms with van der Waals surface area (Å²) in [6, 6.07) is 8.30. The van der Waals surface area contributed by atoms with E-state index in [0.717, 1.165) is 11.4 Å². The van der Waals surface area contributed by atoms with Gasteiger partial charge in [0, 0.05) is 24.3 Å². The highest BCUT2D eigenvalue weighted by atomic mass is 16.1. The van der Waals surface area contributed by atoms with E-state index in [9.17, 15) is 4.79 Å². The molecule has 1 amide bonds. The van der Waals surface area contributed by atoms with Crippen molar-refractivity contribution in [3.63, 3.8) is 0 Å². The van der Waals surface area contributed by atoms with E-state index in [0.29, 0.717) is 6.04 Å². The molecule has 94 valence electrons. The van der Waals surface area contributed by atoms with E-state index >= 15 is 0 Å². The van der Waals surface area contributed by atoms with Crippen LogP contribution in [0.5, 0.6) is 0 Å². The number of amides is 1. The lowest BCUT2D eigenvalue weighted by Gasteiger charge is -2.15. The molecule has 0 radical (unpaired) electrons. The minimum absolute atomic E-state index is 0.0398. The molecule has 2 N–H and O–H groups in total. The van der Waals surface area contributed by atoms with Crippen molar-refractivity contribution in [2.75, 3.05) is 10.6 Å². The van der Waals surface area contributed by atoms with Crippen LogP contribution in [0.25, 0.3) is 0 Å². The molecule has 0 aromatic heterocycles. The number of benzene rings is 1. The summed E-state index contributed by atoms with van der Waals surface area (Å²) in [6.45, 7) is 5.91. The maximum absolute atomic E-state index is 10.9. The molecular formula is C14H22N2O. The Morgan fingerprint density at radius 1 is 1.24 bits per heavy atom. The summed E-state index contributed by atoms with van der Waals surface area (Å²) < 4.78 is 0. The van der Waals surface area contributed by atoms with E-state index in [1.54, 1.807) is 0 Å². The number of unbranched alkanes of at least 4 members (excludes halogenated alkanes) is 1. The van der Waals surface area contributed by atoms with Gasteiger partial charge in [0.1, 0.15) is 0 Å². The summed E-state index contributed by atoms with van der Waals surface area (Å²) in [6.07, 6.45) is 3.66. The highest BCUT2D eigenvalue weighted by molar-refractivity contribution is 5.88. The normalized spacial score (nSPS) is 11.9. The molecule has 1 unspecified atom stereocenters. The standard InChI is InChI=1S/C14H22N2O/c1-4-5-6-11(2)15-13-7-9-14(10-8-13)16-12(3)17/h7-11,15H,4-6H2,1-3H3,(H,16,17). The highest BCUT2D eigenvalue weighted by Gasteiger charge is 2.01. The molecule has 0 saturated heterocycles. The zero-order valence-electron chi connectivity index (χ0n) is 10.9. The summed E-state index contributed by atoms with van der Waals surface area (Å²) in [7, 11) is 0. The van der Waals surface area contributed by atoms with Crippen molar-refractivity contribution in [1.29, 1.82) is 0 Å². The second kappa shape index (κ2) is 6.94. The first-order valence-electron chi connectivity index (χ1n) is 6.26. The Kier molecular flexibility index (Phi) is 5.53. The van der Waals surface area contributed by atoms with Crippen molar-refractivity contribution < 1.29 is 4.79 Å². The van der Waals surface area contributed by atoms with E-state index in [4.69, 9.17) is 0 Å². The monoisotopic (exact) mass is 234 g/mol. The van der Waals surface area contributed by atoms with Crippen LogP contribution in [0.2, 0.25) is 0 Å². The topological polar surface area (TPSA) is 41.1 Å². The number of carbonyl (C=O) groups is 1. The molecule has 3 nitrogen and oxygen atoms in total. The molecular weight excluding hydrogens is 212 g/mol. The average Bonchev–Trinajstić information content (AvgIpc) is 2.28. The summed E-state index contributed by atoms with van der Waals surface area (Å²) in [5.41, 5.74) is 1.94. The van der Waals surface area contributed by atoms with Gasteiger partial charge in [-0.3, -0.25) is 4.79 Å². The third kappa shape index (κ3) is 5.38. The van der Waals surface area contributed by atoms with Crippen molar-refractivity contribution in [2.45, 2.75) is 46.1 Å². The van der Waals surface area contributed by atoms with Crippen molar-refractivity contribution >= 4 is 17.3 Å². The molecule has 1 aromatic carbocycles. The van der Waals surface area contributed by atoms with Gasteiger partial charge in [-0.05, 0) is 37.6 Å². The SMILES string of the molecule is CCCCC(C)Nc1ccc(NC(C)=O)cc1. The Morgan fingerprint density at radius 3 is 2.35 bits per heavy atom. The van der Waals surface area contributed by atoms with Crippen LogP contribution >= 0.6 is 0 Å².